The van der Waals surface area contributed by atoms with Gasteiger partial charge in [-0.1, -0.05) is 6.08 Å². The van der Waals surface area contributed by atoms with Crippen LogP contribution >= 0.6 is 0 Å². The van der Waals surface area contributed by atoms with Gasteiger partial charge in [0.05, 0.1) is 0 Å². The Hall–Kier alpha value is -0.163. The van der Waals surface area contributed by atoms with Crippen molar-refractivity contribution in [3.05, 3.63) is 12.7 Å². The molecule has 0 bridgehead atoms. The summed E-state index contributed by atoms with van der Waals surface area (Å²) in [6, 6.07) is 0. The van der Waals surface area contributed by atoms with Crippen LogP contribution in [0.4, 0.5) is 0 Å². The summed E-state index contributed by atoms with van der Waals surface area (Å²) in [5.74, 6) is 0. The minimum atomic E-state index is -2.33. The highest BCUT2D eigenvalue weighted by atomic mass is 28.4. The van der Waals surface area contributed by atoms with E-state index in [-0.39, 0.29) is 0 Å². The van der Waals surface area contributed by atoms with E-state index in [1.165, 1.54) is 0 Å². The second kappa shape index (κ2) is 7.26. The minimum absolute atomic E-state index is 0.631. The first-order valence-corrected chi connectivity index (χ1v) is 6.93. The van der Waals surface area contributed by atoms with Gasteiger partial charge in [0.2, 0.25) is 0 Å². The highest BCUT2D eigenvalue weighted by molar-refractivity contribution is 6.59. The van der Waals surface area contributed by atoms with Crippen molar-refractivity contribution in [2.24, 2.45) is 0 Å². The van der Waals surface area contributed by atoms with Crippen LogP contribution < -0.4 is 0 Å². The summed E-state index contributed by atoms with van der Waals surface area (Å²) in [6.45, 7) is 11.3. The maximum Gasteiger partial charge on any atom is 0.497 e. The number of rotatable bonds is 8. The summed E-state index contributed by atoms with van der Waals surface area (Å²) in [5, 5.41) is 0. The van der Waals surface area contributed by atoms with Crippen LogP contribution in [0.2, 0.25) is 6.55 Å². The van der Waals surface area contributed by atoms with Crippen molar-refractivity contribution in [2.45, 2.75) is 26.8 Å². The molecule has 0 aliphatic carbocycles. The fraction of sp³-hybridized carbons (Fsp3) is 0.778. The molecule has 0 spiro atoms. The van der Waals surface area contributed by atoms with Gasteiger partial charge < -0.3 is 13.3 Å². The third kappa shape index (κ3) is 5.98. The van der Waals surface area contributed by atoms with E-state index in [1.807, 2.05) is 26.5 Å². The Balaban J connectivity index is 3.83. The van der Waals surface area contributed by atoms with E-state index in [9.17, 15) is 0 Å². The van der Waals surface area contributed by atoms with Gasteiger partial charge in [0.15, 0.2) is 0 Å². The molecular weight excluding hydrogens is 184 g/mol. The van der Waals surface area contributed by atoms with Crippen LogP contribution in [-0.4, -0.2) is 28.6 Å². The Kier molecular flexibility index (Phi) is 7.17. The molecule has 0 aromatic heterocycles. The zero-order valence-corrected chi connectivity index (χ0v) is 9.84. The van der Waals surface area contributed by atoms with Crippen LogP contribution in [-0.2, 0) is 13.3 Å². The summed E-state index contributed by atoms with van der Waals surface area (Å²) in [4.78, 5) is 0. The predicted octanol–water partition coefficient (Wildman–Crippen LogP) is 2.22. The molecular formula is C9H20O3Si. The normalized spacial score (nSPS) is 11.6. The van der Waals surface area contributed by atoms with E-state index < -0.39 is 8.80 Å². The predicted molar refractivity (Wildman–Crippen MR) is 55.6 cm³/mol. The highest BCUT2D eigenvalue weighted by Gasteiger charge is 2.33. The summed E-state index contributed by atoms with van der Waals surface area (Å²) in [5.41, 5.74) is 0. The SMILES string of the molecule is C=CCCO[Si](C)(OCC)OCC. The molecule has 0 N–H and O–H groups in total. The zero-order chi connectivity index (χ0) is 10.2. The summed E-state index contributed by atoms with van der Waals surface area (Å²) >= 11 is 0. The van der Waals surface area contributed by atoms with Gasteiger partial charge >= 0.3 is 8.80 Å². The van der Waals surface area contributed by atoms with Gasteiger partial charge in [-0.2, -0.15) is 0 Å². The Labute approximate surface area is 82.1 Å². The molecule has 0 heterocycles. The molecule has 13 heavy (non-hydrogen) atoms. The van der Waals surface area contributed by atoms with Gasteiger partial charge in [-0.25, -0.2) is 0 Å². The highest BCUT2D eigenvalue weighted by Crippen LogP contribution is 2.09. The van der Waals surface area contributed by atoms with Crippen LogP contribution in [0.1, 0.15) is 20.3 Å². The molecule has 0 saturated heterocycles. The van der Waals surface area contributed by atoms with Gasteiger partial charge in [0.25, 0.3) is 0 Å². The maximum atomic E-state index is 5.57. The zero-order valence-electron chi connectivity index (χ0n) is 8.84. The molecule has 0 radical (unpaired) electrons. The third-order valence-electron chi connectivity index (χ3n) is 1.50. The molecule has 0 amide bonds. The quantitative estimate of drug-likeness (QED) is 0.345. The molecule has 0 saturated carbocycles. The molecule has 0 unspecified atom stereocenters. The molecule has 0 rings (SSSR count). The van der Waals surface area contributed by atoms with Crippen molar-refractivity contribution in [3.63, 3.8) is 0 Å². The standard InChI is InChI=1S/C9H20O3Si/c1-5-8-9-12-13(4,10-6-2)11-7-3/h5H,1,6-9H2,2-4H3. The van der Waals surface area contributed by atoms with Gasteiger partial charge in [-0.15, -0.1) is 6.58 Å². The van der Waals surface area contributed by atoms with Crippen molar-refractivity contribution in [1.82, 2.24) is 0 Å². The second-order valence-corrected chi connectivity index (χ2v) is 5.24. The third-order valence-corrected chi connectivity index (χ3v) is 3.85. The van der Waals surface area contributed by atoms with E-state index in [4.69, 9.17) is 13.3 Å². The lowest BCUT2D eigenvalue weighted by Crippen LogP contribution is -2.42. The largest absolute Gasteiger partial charge is 0.497 e. The lowest BCUT2D eigenvalue weighted by molar-refractivity contribution is 0.0753. The van der Waals surface area contributed by atoms with Crippen LogP contribution in [0.5, 0.6) is 0 Å². The Morgan fingerprint density at radius 3 is 2.08 bits per heavy atom. The first-order valence-electron chi connectivity index (χ1n) is 4.71. The molecule has 0 aromatic carbocycles. The summed E-state index contributed by atoms with van der Waals surface area (Å²) in [7, 11) is -2.33. The maximum absolute atomic E-state index is 5.57. The van der Waals surface area contributed by atoms with E-state index in [0.29, 0.717) is 19.8 Å². The van der Waals surface area contributed by atoms with Crippen LogP contribution in [0.15, 0.2) is 12.7 Å². The van der Waals surface area contributed by atoms with E-state index in [1.54, 1.807) is 0 Å². The molecule has 3 nitrogen and oxygen atoms in total. The van der Waals surface area contributed by atoms with E-state index in [0.717, 1.165) is 6.42 Å². The minimum Gasteiger partial charge on any atom is -0.374 e. The smallest absolute Gasteiger partial charge is 0.374 e. The van der Waals surface area contributed by atoms with E-state index in [2.05, 4.69) is 6.58 Å². The average Bonchev–Trinajstić information content (AvgIpc) is 2.05. The fourth-order valence-corrected chi connectivity index (χ4v) is 2.76. The van der Waals surface area contributed by atoms with Gasteiger partial charge in [-0.3, -0.25) is 0 Å². The van der Waals surface area contributed by atoms with Crippen LogP contribution in [0.3, 0.4) is 0 Å². The first-order chi connectivity index (χ1) is 6.18. The van der Waals surface area contributed by atoms with Crippen molar-refractivity contribution in [3.8, 4) is 0 Å². The van der Waals surface area contributed by atoms with Crippen LogP contribution in [0.25, 0.3) is 0 Å². The molecule has 0 aliphatic rings. The average molecular weight is 204 g/mol. The molecule has 0 aromatic rings. The van der Waals surface area contributed by atoms with Crippen molar-refractivity contribution in [2.75, 3.05) is 19.8 Å². The van der Waals surface area contributed by atoms with Crippen molar-refractivity contribution in [1.29, 1.82) is 0 Å². The molecule has 0 fully saturated rings. The monoisotopic (exact) mass is 204 g/mol. The van der Waals surface area contributed by atoms with Crippen LogP contribution in [0, 0.1) is 0 Å². The van der Waals surface area contributed by atoms with Gasteiger partial charge in [0, 0.05) is 26.4 Å². The lowest BCUT2D eigenvalue weighted by Gasteiger charge is -2.24. The van der Waals surface area contributed by atoms with Gasteiger partial charge in [-0.05, 0) is 20.3 Å². The summed E-state index contributed by atoms with van der Waals surface area (Å²) < 4.78 is 16.5. The second-order valence-electron chi connectivity index (χ2n) is 2.65. The Bertz CT molecular complexity index is 133. The fourth-order valence-electron chi connectivity index (χ4n) is 0.977. The lowest BCUT2D eigenvalue weighted by atomic mass is 10.5. The topological polar surface area (TPSA) is 27.7 Å². The number of hydrogen-bond acceptors (Lipinski definition) is 3. The Morgan fingerprint density at radius 1 is 1.15 bits per heavy atom. The van der Waals surface area contributed by atoms with Crippen molar-refractivity contribution >= 4 is 8.80 Å². The summed E-state index contributed by atoms with van der Waals surface area (Å²) in [6.07, 6.45) is 2.66. The number of hydrogen-bond donors (Lipinski definition) is 0. The molecule has 0 atom stereocenters. The van der Waals surface area contributed by atoms with Gasteiger partial charge in [0.1, 0.15) is 0 Å². The van der Waals surface area contributed by atoms with E-state index >= 15 is 0 Å². The first kappa shape index (κ1) is 12.8. The Morgan fingerprint density at radius 2 is 1.69 bits per heavy atom. The molecule has 0 aliphatic heterocycles. The van der Waals surface area contributed by atoms with Crippen molar-refractivity contribution < 1.29 is 13.3 Å². The molecule has 4 heteroatoms. The molecule has 78 valence electrons.